The molecule has 2 aliphatic heterocycles. The van der Waals surface area contributed by atoms with Gasteiger partial charge in [0.05, 0.1) is 5.71 Å². The second-order valence-electron chi connectivity index (χ2n) is 8.62. The van der Waals surface area contributed by atoms with E-state index in [1.165, 1.54) is 0 Å². The highest BCUT2D eigenvalue weighted by atomic mass is 79.9. The van der Waals surface area contributed by atoms with Crippen LogP contribution in [0.2, 0.25) is 0 Å². The van der Waals surface area contributed by atoms with Gasteiger partial charge in [0.2, 0.25) is 0 Å². The Balaban J connectivity index is 1.36. The molecule has 34 heavy (non-hydrogen) atoms. The molecule has 0 spiro atoms. The molecule has 0 aliphatic carbocycles. The first-order valence-electron chi connectivity index (χ1n) is 11.1. The fraction of sp³-hybridized carbons (Fsp3) is 0.192. The van der Waals surface area contributed by atoms with Crippen LogP contribution in [0.3, 0.4) is 0 Å². The highest BCUT2D eigenvalue weighted by Gasteiger charge is 2.24. The minimum Gasteiger partial charge on any atom is -0.398 e. The molecule has 3 aromatic rings. The van der Waals surface area contributed by atoms with Crippen LogP contribution in [0, 0.1) is 5.41 Å². The lowest BCUT2D eigenvalue weighted by Crippen LogP contribution is -2.44. The van der Waals surface area contributed by atoms with Crippen LogP contribution in [0.25, 0.3) is 11.6 Å². The molecule has 172 valence electrons. The van der Waals surface area contributed by atoms with Gasteiger partial charge in [0.25, 0.3) is 5.91 Å². The quantitative estimate of drug-likeness (QED) is 0.275. The number of nitrogens with zero attached hydrogens (tertiary/aromatic N) is 3. The molecule has 0 radical (unpaired) electrons. The number of pyridine rings is 1. The molecule has 1 fully saturated rings. The molecule has 0 unspecified atom stereocenters. The lowest BCUT2D eigenvalue weighted by atomic mass is 9.98. The fourth-order valence-electron chi connectivity index (χ4n) is 4.28. The van der Waals surface area contributed by atoms with E-state index in [1.807, 2.05) is 48.5 Å². The molecule has 0 saturated carbocycles. The lowest BCUT2D eigenvalue weighted by Gasteiger charge is -2.33. The average molecular weight is 517 g/mol. The zero-order valence-corrected chi connectivity index (χ0v) is 20.4. The predicted octanol–water partition coefficient (Wildman–Crippen LogP) is 4.09. The van der Waals surface area contributed by atoms with Crippen molar-refractivity contribution in [3.8, 4) is 0 Å². The number of nitrogen functional groups attached to an aromatic ring is 1. The van der Waals surface area contributed by atoms with E-state index in [2.05, 4.69) is 43.1 Å². The fourth-order valence-corrected chi connectivity index (χ4v) is 4.64. The van der Waals surface area contributed by atoms with Crippen molar-refractivity contribution in [1.29, 1.82) is 5.41 Å². The van der Waals surface area contributed by atoms with Crippen LogP contribution in [0.5, 0.6) is 0 Å². The summed E-state index contributed by atoms with van der Waals surface area (Å²) in [4.78, 5) is 21.6. The smallest absolute Gasteiger partial charge is 0.256 e. The molecule has 5 rings (SSSR count). The van der Waals surface area contributed by atoms with Crippen molar-refractivity contribution in [3.63, 3.8) is 0 Å². The SMILES string of the molecule is CN1CCN(c2ccc(C(=N)c3ccc(/C=C4/C(=O)Nc5ccc(Br)cc54)cc3N)cn2)CC1. The zero-order valence-electron chi connectivity index (χ0n) is 18.8. The second kappa shape index (κ2) is 9.04. The van der Waals surface area contributed by atoms with Gasteiger partial charge < -0.3 is 20.9 Å². The Bertz CT molecular complexity index is 1310. The summed E-state index contributed by atoms with van der Waals surface area (Å²) < 4.78 is 0.907. The number of fused-ring (bicyclic) bond motifs is 1. The van der Waals surface area contributed by atoms with Gasteiger partial charge in [-0.25, -0.2) is 4.98 Å². The first-order chi connectivity index (χ1) is 16.4. The zero-order chi connectivity index (χ0) is 23.8. The number of rotatable bonds is 4. The maximum Gasteiger partial charge on any atom is 0.256 e. The Morgan fingerprint density at radius 2 is 1.91 bits per heavy atom. The number of halogens is 1. The van der Waals surface area contributed by atoms with Crippen molar-refractivity contribution in [2.24, 2.45) is 0 Å². The maximum absolute atomic E-state index is 12.5. The third-order valence-corrected chi connectivity index (χ3v) is 6.78. The van der Waals surface area contributed by atoms with E-state index in [0.29, 0.717) is 28.1 Å². The van der Waals surface area contributed by atoms with E-state index in [1.54, 1.807) is 12.3 Å². The van der Waals surface area contributed by atoms with E-state index in [4.69, 9.17) is 11.1 Å². The number of hydrogen-bond donors (Lipinski definition) is 3. The summed E-state index contributed by atoms with van der Waals surface area (Å²) in [5, 5.41) is 11.6. The number of amides is 1. The molecule has 7 nitrogen and oxygen atoms in total. The Labute approximate surface area is 206 Å². The molecule has 0 atom stereocenters. The van der Waals surface area contributed by atoms with Gasteiger partial charge in [0, 0.05) is 70.5 Å². The molecule has 2 aromatic carbocycles. The van der Waals surface area contributed by atoms with Crippen LogP contribution in [-0.2, 0) is 4.79 Å². The van der Waals surface area contributed by atoms with Crippen LogP contribution in [-0.4, -0.2) is 54.7 Å². The molecule has 2 aliphatic rings. The van der Waals surface area contributed by atoms with Crippen LogP contribution >= 0.6 is 15.9 Å². The van der Waals surface area contributed by atoms with E-state index in [-0.39, 0.29) is 5.91 Å². The molecule has 0 bridgehead atoms. The number of carbonyl (C=O) groups excluding carboxylic acids is 1. The Hall–Kier alpha value is -3.49. The largest absolute Gasteiger partial charge is 0.398 e. The van der Waals surface area contributed by atoms with Crippen molar-refractivity contribution in [2.45, 2.75) is 0 Å². The first kappa shape index (κ1) is 22.3. The third-order valence-electron chi connectivity index (χ3n) is 6.28. The highest BCUT2D eigenvalue weighted by Crippen LogP contribution is 2.35. The Morgan fingerprint density at radius 3 is 2.62 bits per heavy atom. The summed E-state index contributed by atoms with van der Waals surface area (Å²) in [5.74, 6) is 0.788. The summed E-state index contributed by atoms with van der Waals surface area (Å²) in [6.45, 7) is 3.93. The van der Waals surface area contributed by atoms with Crippen LogP contribution in [0.15, 0.2) is 59.2 Å². The van der Waals surface area contributed by atoms with Gasteiger partial charge in [-0.1, -0.05) is 28.1 Å². The van der Waals surface area contributed by atoms with Gasteiger partial charge in [0.15, 0.2) is 0 Å². The highest BCUT2D eigenvalue weighted by molar-refractivity contribution is 9.10. The molecular weight excluding hydrogens is 492 g/mol. The van der Waals surface area contributed by atoms with Crippen molar-refractivity contribution in [3.05, 3.63) is 81.5 Å². The number of nitrogens with two attached hydrogens (primary N) is 1. The van der Waals surface area contributed by atoms with E-state index in [0.717, 1.165) is 53.3 Å². The van der Waals surface area contributed by atoms with E-state index < -0.39 is 0 Å². The normalized spacial score (nSPS) is 17.1. The average Bonchev–Trinajstić information content (AvgIpc) is 3.13. The number of likely N-dealkylation sites (N-methyl/N-ethyl adjacent to an activating group) is 1. The molecule has 1 amide bonds. The summed E-state index contributed by atoms with van der Waals surface area (Å²) in [7, 11) is 2.13. The van der Waals surface area contributed by atoms with Crippen molar-refractivity contribution < 1.29 is 4.79 Å². The van der Waals surface area contributed by atoms with E-state index >= 15 is 0 Å². The van der Waals surface area contributed by atoms with Gasteiger partial charge in [-0.15, -0.1) is 0 Å². The second-order valence-corrected chi connectivity index (χ2v) is 9.53. The van der Waals surface area contributed by atoms with Gasteiger partial charge in [0.1, 0.15) is 5.82 Å². The summed E-state index contributed by atoms with van der Waals surface area (Å²) >= 11 is 3.47. The minimum atomic E-state index is -0.144. The maximum atomic E-state index is 12.5. The minimum absolute atomic E-state index is 0.144. The van der Waals surface area contributed by atoms with Gasteiger partial charge >= 0.3 is 0 Å². The van der Waals surface area contributed by atoms with Crippen LogP contribution in [0.4, 0.5) is 17.2 Å². The molecule has 1 saturated heterocycles. The number of anilines is 3. The lowest BCUT2D eigenvalue weighted by molar-refractivity contribution is -0.110. The summed E-state index contributed by atoms with van der Waals surface area (Å²) in [6.07, 6.45) is 3.56. The standard InChI is InChI=1S/C26H25BrN6O/c1-32-8-10-33(11-9-32)24-7-3-17(15-30-24)25(29)19-5-2-16(13-22(19)28)12-21-20-14-18(27)4-6-23(20)31-26(21)34/h2-7,12-15,29H,8-11,28H2,1H3,(H,31,34)/b21-12+,29-25?. The molecular formula is C26H25BrN6O. The number of hydrogen-bond acceptors (Lipinski definition) is 6. The number of carbonyl (C=O) groups is 1. The number of piperazine rings is 1. The third kappa shape index (κ3) is 4.34. The number of aromatic nitrogens is 1. The van der Waals surface area contributed by atoms with Crippen LogP contribution < -0.4 is 16.0 Å². The topological polar surface area (TPSA) is 98.3 Å². The van der Waals surface area contributed by atoms with E-state index in [9.17, 15) is 4.79 Å². The molecule has 1 aromatic heterocycles. The number of benzene rings is 2. The first-order valence-corrected chi connectivity index (χ1v) is 11.9. The molecule has 4 N–H and O–H groups in total. The number of nitrogens with one attached hydrogen (secondary N) is 2. The summed E-state index contributed by atoms with van der Waals surface area (Å²) in [6, 6.07) is 15.1. The van der Waals surface area contributed by atoms with Crippen LogP contribution in [0.1, 0.15) is 22.3 Å². The molecule has 3 heterocycles. The van der Waals surface area contributed by atoms with Crippen molar-refractivity contribution in [2.75, 3.05) is 49.2 Å². The van der Waals surface area contributed by atoms with Gasteiger partial charge in [-0.05, 0) is 55.1 Å². The molecule has 8 heteroatoms. The summed E-state index contributed by atoms with van der Waals surface area (Å²) in [5.41, 5.74) is 11.5. The van der Waals surface area contributed by atoms with Gasteiger partial charge in [-0.3, -0.25) is 10.2 Å². The van der Waals surface area contributed by atoms with Crippen molar-refractivity contribution >= 4 is 56.4 Å². The Morgan fingerprint density at radius 1 is 1.12 bits per heavy atom. The van der Waals surface area contributed by atoms with Crippen molar-refractivity contribution in [1.82, 2.24) is 9.88 Å². The monoisotopic (exact) mass is 516 g/mol. The predicted molar refractivity (Wildman–Crippen MR) is 141 cm³/mol. The Kier molecular flexibility index (Phi) is 5.93. The van der Waals surface area contributed by atoms with Gasteiger partial charge in [-0.2, -0.15) is 0 Å².